The summed E-state index contributed by atoms with van der Waals surface area (Å²) in [5, 5.41) is 0. The van der Waals surface area contributed by atoms with Crippen molar-refractivity contribution in [1.29, 1.82) is 0 Å². The van der Waals surface area contributed by atoms with Crippen LogP contribution in [0, 0.1) is 0 Å². The molecule has 2 heterocycles. The number of ether oxygens (including phenoxy) is 2. The third-order valence-corrected chi connectivity index (χ3v) is 3.88. The molecule has 0 N–H and O–H groups in total. The lowest BCUT2D eigenvalue weighted by Crippen LogP contribution is -2.37. The number of amides is 2. The van der Waals surface area contributed by atoms with E-state index in [-0.39, 0.29) is 11.6 Å². The zero-order chi connectivity index (χ0) is 14.2. The van der Waals surface area contributed by atoms with Gasteiger partial charge in [0.15, 0.2) is 0 Å². The van der Waals surface area contributed by atoms with Gasteiger partial charge in [0.05, 0.1) is 20.3 Å². The molecule has 0 bridgehead atoms. The lowest BCUT2D eigenvalue weighted by molar-refractivity contribution is 0.177. The second-order valence-corrected chi connectivity index (χ2v) is 5.71. The number of nitrogens with zero attached hydrogens (tertiary/aromatic N) is 2. The van der Waals surface area contributed by atoms with Gasteiger partial charge < -0.3 is 19.3 Å². The minimum absolute atomic E-state index is 0.105. The first-order chi connectivity index (χ1) is 9.59. The molecule has 2 aliphatic heterocycles. The molecule has 0 saturated carbocycles. The van der Waals surface area contributed by atoms with Crippen LogP contribution in [-0.2, 0) is 11.3 Å². The van der Waals surface area contributed by atoms with Crippen LogP contribution in [0.3, 0.4) is 0 Å². The standard InChI is InChI=1S/C15H20N2O3/c1-15(11-20-15)10-17-8-7-16(14(17)18)9-12-3-5-13(19-2)6-4-12/h3-6H,7-11H2,1-2H3. The lowest BCUT2D eigenvalue weighted by Gasteiger charge is -2.20. The number of methoxy groups -OCH3 is 1. The molecule has 20 heavy (non-hydrogen) atoms. The van der Waals surface area contributed by atoms with Gasteiger partial charge in [-0.2, -0.15) is 0 Å². The van der Waals surface area contributed by atoms with Crippen molar-refractivity contribution >= 4 is 6.03 Å². The fourth-order valence-corrected chi connectivity index (χ4v) is 2.50. The van der Waals surface area contributed by atoms with Gasteiger partial charge in [0.2, 0.25) is 0 Å². The maximum atomic E-state index is 12.3. The maximum Gasteiger partial charge on any atom is 0.320 e. The molecular weight excluding hydrogens is 256 g/mol. The van der Waals surface area contributed by atoms with Crippen LogP contribution in [0.4, 0.5) is 4.79 Å². The maximum absolute atomic E-state index is 12.3. The highest BCUT2D eigenvalue weighted by Gasteiger charge is 2.43. The normalized spacial score (nSPS) is 25.2. The molecular formula is C15H20N2O3. The molecule has 2 aliphatic rings. The number of carbonyl (C=O) groups excluding carboxylic acids is 1. The Hall–Kier alpha value is -1.75. The van der Waals surface area contributed by atoms with Gasteiger partial charge in [-0.25, -0.2) is 4.79 Å². The Morgan fingerprint density at radius 1 is 1.25 bits per heavy atom. The second-order valence-electron chi connectivity index (χ2n) is 5.71. The largest absolute Gasteiger partial charge is 0.497 e. The molecule has 108 valence electrons. The molecule has 1 aromatic rings. The minimum Gasteiger partial charge on any atom is -0.497 e. The Kier molecular flexibility index (Phi) is 3.30. The van der Waals surface area contributed by atoms with E-state index in [9.17, 15) is 4.79 Å². The molecule has 1 aromatic carbocycles. The molecule has 5 nitrogen and oxygen atoms in total. The number of hydrogen-bond donors (Lipinski definition) is 0. The molecule has 2 fully saturated rings. The van der Waals surface area contributed by atoms with Crippen LogP contribution in [0.15, 0.2) is 24.3 Å². The van der Waals surface area contributed by atoms with Crippen molar-refractivity contribution in [2.45, 2.75) is 19.1 Å². The highest BCUT2D eigenvalue weighted by molar-refractivity contribution is 5.76. The molecule has 1 atom stereocenters. The zero-order valence-corrected chi connectivity index (χ0v) is 12.0. The number of benzene rings is 1. The molecule has 5 heteroatoms. The highest BCUT2D eigenvalue weighted by Crippen LogP contribution is 2.28. The predicted octanol–water partition coefficient (Wildman–Crippen LogP) is 1.72. The summed E-state index contributed by atoms with van der Waals surface area (Å²) >= 11 is 0. The van der Waals surface area contributed by atoms with Crippen molar-refractivity contribution in [3.8, 4) is 5.75 Å². The summed E-state index contributed by atoms with van der Waals surface area (Å²) in [7, 11) is 1.65. The van der Waals surface area contributed by atoms with Crippen molar-refractivity contribution < 1.29 is 14.3 Å². The first-order valence-electron chi connectivity index (χ1n) is 6.90. The first-order valence-corrected chi connectivity index (χ1v) is 6.90. The van der Waals surface area contributed by atoms with Crippen LogP contribution in [0.25, 0.3) is 0 Å². The number of hydrogen-bond acceptors (Lipinski definition) is 3. The van der Waals surface area contributed by atoms with Gasteiger partial charge in [-0.3, -0.25) is 0 Å². The van der Waals surface area contributed by atoms with E-state index >= 15 is 0 Å². The molecule has 0 aromatic heterocycles. The van der Waals surface area contributed by atoms with Crippen molar-refractivity contribution in [3.63, 3.8) is 0 Å². The van der Waals surface area contributed by atoms with E-state index in [0.717, 1.165) is 31.0 Å². The van der Waals surface area contributed by atoms with Crippen LogP contribution in [-0.4, -0.2) is 54.8 Å². The Bertz CT molecular complexity index is 496. The van der Waals surface area contributed by atoms with Gasteiger partial charge in [0.25, 0.3) is 0 Å². The van der Waals surface area contributed by atoms with Gasteiger partial charge >= 0.3 is 6.03 Å². The smallest absolute Gasteiger partial charge is 0.320 e. The van der Waals surface area contributed by atoms with E-state index in [1.54, 1.807) is 7.11 Å². The summed E-state index contributed by atoms with van der Waals surface area (Å²) in [6.07, 6.45) is 0. The minimum atomic E-state index is -0.105. The van der Waals surface area contributed by atoms with Crippen molar-refractivity contribution in [3.05, 3.63) is 29.8 Å². The van der Waals surface area contributed by atoms with Gasteiger partial charge in [0.1, 0.15) is 11.4 Å². The fraction of sp³-hybridized carbons (Fsp3) is 0.533. The monoisotopic (exact) mass is 276 g/mol. The van der Waals surface area contributed by atoms with E-state index in [1.165, 1.54) is 0 Å². The lowest BCUT2D eigenvalue weighted by atomic mass is 10.2. The number of rotatable bonds is 5. The van der Waals surface area contributed by atoms with E-state index in [0.29, 0.717) is 13.1 Å². The number of urea groups is 1. The summed E-state index contributed by atoms with van der Waals surface area (Å²) in [6.45, 7) is 5.72. The summed E-state index contributed by atoms with van der Waals surface area (Å²) in [4.78, 5) is 16.1. The van der Waals surface area contributed by atoms with Crippen molar-refractivity contribution in [2.24, 2.45) is 0 Å². The van der Waals surface area contributed by atoms with Crippen LogP contribution in [0.2, 0.25) is 0 Å². The summed E-state index contributed by atoms with van der Waals surface area (Å²) in [5.74, 6) is 0.835. The Morgan fingerprint density at radius 3 is 2.50 bits per heavy atom. The van der Waals surface area contributed by atoms with Crippen LogP contribution >= 0.6 is 0 Å². The summed E-state index contributed by atoms with van der Waals surface area (Å²) in [5.41, 5.74) is 1.01. The van der Waals surface area contributed by atoms with Crippen molar-refractivity contribution in [1.82, 2.24) is 9.80 Å². The molecule has 1 unspecified atom stereocenters. The number of epoxide rings is 1. The predicted molar refractivity (Wildman–Crippen MR) is 74.7 cm³/mol. The van der Waals surface area contributed by atoms with Crippen LogP contribution in [0.1, 0.15) is 12.5 Å². The molecule has 3 rings (SSSR count). The average molecular weight is 276 g/mol. The van der Waals surface area contributed by atoms with Gasteiger partial charge in [0, 0.05) is 19.6 Å². The highest BCUT2D eigenvalue weighted by atomic mass is 16.6. The quantitative estimate of drug-likeness (QED) is 0.769. The topological polar surface area (TPSA) is 45.3 Å². The third kappa shape index (κ3) is 2.72. The Labute approximate surface area is 119 Å². The second kappa shape index (κ2) is 4.98. The van der Waals surface area contributed by atoms with E-state index in [2.05, 4.69) is 0 Å². The molecule has 2 saturated heterocycles. The molecule has 0 radical (unpaired) electrons. The van der Waals surface area contributed by atoms with Crippen LogP contribution < -0.4 is 4.74 Å². The molecule has 2 amide bonds. The number of carbonyl (C=O) groups is 1. The first kappa shape index (κ1) is 13.2. The third-order valence-electron chi connectivity index (χ3n) is 3.88. The fourth-order valence-electron chi connectivity index (χ4n) is 2.50. The summed E-state index contributed by atoms with van der Waals surface area (Å²) < 4.78 is 10.5. The molecule has 0 aliphatic carbocycles. The summed E-state index contributed by atoms with van der Waals surface area (Å²) in [6, 6.07) is 7.96. The van der Waals surface area contributed by atoms with E-state index in [4.69, 9.17) is 9.47 Å². The molecule has 0 spiro atoms. The Morgan fingerprint density at radius 2 is 1.90 bits per heavy atom. The van der Waals surface area contributed by atoms with E-state index < -0.39 is 0 Å². The average Bonchev–Trinajstić information content (AvgIpc) is 3.10. The van der Waals surface area contributed by atoms with Gasteiger partial charge in [-0.1, -0.05) is 12.1 Å². The van der Waals surface area contributed by atoms with Crippen molar-refractivity contribution in [2.75, 3.05) is 33.4 Å². The Balaban J connectivity index is 1.59. The van der Waals surface area contributed by atoms with Gasteiger partial charge in [-0.15, -0.1) is 0 Å². The SMILES string of the molecule is COc1ccc(CN2CCN(CC3(C)CO3)C2=O)cc1. The zero-order valence-electron chi connectivity index (χ0n) is 12.0. The van der Waals surface area contributed by atoms with E-state index in [1.807, 2.05) is 41.0 Å². The van der Waals surface area contributed by atoms with Crippen LogP contribution in [0.5, 0.6) is 5.75 Å². The van der Waals surface area contributed by atoms with Gasteiger partial charge in [-0.05, 0) is 24.6 Å².